The van der Waals surface area contributed by atoms with Gasteiger partial charge in [0.05, 0.1) is 19.2 Å². The minimum Gasteiger partial charge on any atom is -0.377 e. The van der Waals surface area contributed by atoms with Gasteiger partial charge in [0.25, 0.3) is 0 Å². The predicted octanol–water partition coefficient (Wildman–Crippen LogP) is 1.12. The largest absolute Gasteiger partial charge is 0.377 e. The van der Waals surface area contributed by atoms with Crippen LogP contribution in [0, 0.1) is 5.92 Å². The fourth-order valence-electron chi connectivity index (χ4n) is 6.09. The predicted molar refractivity (Wildman–Crippen MR) is 221 cm³/mol. The summed E-state index contributed by atoms with van der Waals surface area (Å²) in [5.74, 6) is -3.80. The van der Waals surface area contributed by atoms with Gasteiger partial charge in [-0.25, -0.2) is 0 Å². The summed E-state index contributed by atoms with van der Waals surface area (Å²) in [6, 6.07) is 22.6. The second-order valence-electron chi connectivity index (χ2n) is 14.7. The molecule has 3 aromatic carbocycles. The van der Waals surface area contributed by atoms with Crippen LogP contribution in [0.2, 0.25) is 0 Å². The molecular weight excluding hydrogens is 741 g/mol. The van der Waals surface area contributed by atoms with Gasteiger partial charge in [-0.2, -0.15) is 0 Å². The third kappa shape index (κ3) is 17.7. The van der Waals surface area contributed by atoms with Crippen LogP contribution in [0.1, 0.15) is 62.6 Å². The van der Waals surface area contributed by atoms with Crippen LogP contribution in [-0.2, 0) is 53.0 Å². The third-order valence-corrected chi connectivity index (χ3v) is 9.22. The maximum absolute atomic E-state index is 13.8. The molecule has 314 valence electrons. The second-order valence-corrected chi connectivity index (χ2v) is 14.7. The van der Waals surface area contributed by atoms with Gasteiger partial charge in [-0.3, -0.25) is 28.8 Å². The molecule has 3 aromatic rings. The van der Waals surface area contributed by atoms with E-state index in [9.17, 15) is 28.8 Å². The van der Waals surface area contributed by atoms with E-state index in [4.69, 9.17) is 21.9 Å². The highest BCUT2D eigenvalue weighted by Crippen LogP contribution is 2.10. The Labute approximate surface area is 341 Å². The van der Waals surface area contributed by atoms with Gasteiger partial charge in [0.2, 0.25) is 35.4 Å². The molecule has 3 rings (SSSR count). The van der Waals surface area contributed by atoms with Crippen LogP contribution in [0.15, 0.2) is 91.0 Å². The Bertz CT molecular complexity index is 1730. The molecule has 58 heavy (non-hydrogen) atoms. The normalized spacial score (nSPS) is 13.6. The summed E-state index contributed by atoms with van der Waals surface area (Å²) >= 11 is 0. The van der Waals surface area contributed by atoms with Crippen molar-refractivity contribution in [2.24, 2.45) is 23.1 Å². The van der Waals surface area contributed by atoms with Gasteiger partial charge in [-0.15, -0.1) is 0 Å². The van der Waals surface area contributed by atoms with Crippen molar-refractivity contribution in [2.45, 2.75) is 95.6 Å². The number of hydrogen-bond donors (Lipinski definition) is 8. The minimum atomic E-state index is -1.15. The monoisotopic (exact) mass is 800 g/mol. The Morgan fingerprint density at radius 2 is 1.10 bits per heavy atom. The summed E-state index contributed by atoms with van der Waals surface area (Å²) in [7, 11) is 0. The Balaban J connectivity index is 1.65. The van der Waals surface area contributed by atoms with Gasteiger partial charge >= 0.3 is 0 Å². The van der Waals surface area contributed by atoms with Crippen molar-refractivity contribution in [1.82, 2.24) is 26.6 Å². The number of rotatable bonds is 26. The van der Waals surface area contributed by atoms with Crippen molar-refractivity contribution in [3.05, 3.63) is 108 Å². The van der Waals surface area contributed by atoms with E-state index in [2.05, 4.69) is 26.6 Å². The molecule has 5 atom stereocenters. The molecule has 0 aliphatic carbocycles. The first kappa shape index (κ1) is 46.7. The third-order valence-electron chi connectivity index (χ3n) is 9.22. The molecule has 0 aromatic heterocycles. The number of nitrogens with two attached hydrogens (primary N) is 3. The van der Waals surface area contributed by atoms with E-state index in [0.717, 1.165) is 16.7 Å². The SMILES string of the molecule is CC(C)C[C@H](NC(=O)CNC(=O)[C@H](Cc1ccccc1)NC(=O)[C@H](Cc1ccccc1)NC(=O)[C@@H](N)CCCN)C(=O)N[C@@H](CCCOCc1ccccc1)C(N)=O. The molecule has 15 heteroatoms. The molecule has 0 radical (unpaired) electrons. The average molecular weight is 801 g/mol. The number of carbonyl (C=O) groups is 6. The lowest BCUT2D eigenvalue weighted by Gasteiger charge is -2.25. The van der Waals surface area contributed by atoms with Crippen molar-refractivity contribution < 1.29 is 33.5 Å². The highest BCUT2D eigenvalue weighted by molar-refractivity contribution is 5.95. The van der Waals surface area contributed by atoms with Crippen LogP contribution in [0.5, 0.6) is 0 Å². The van der Waals surface area contributed by atoms with Gasteiger partial charge in [0.1, 0.15) is 24.2 Å². The molecular formula is C43H60N8O7. The maximum Gasteiger partial charge on any atom is 0.243 e. The first-order valence-electron chi connectivity index (χ1n) is 19.8. The molecule has 15 nitrogen and oxygen atoms in total. The summed E-state index contributed by atoms with van der Waals surface area (Å²) in [6.45, 7) is 4.35. The number of benzene rings is 3. The summed E-state index contributed by atoms with van der Waals surface area (Å²) in [5.41, 5.74) is 19.8. The van der Waals surface area contributed by atoms with Crippen LogP contribution in [-0.4, -0.2) is 85.3 Å². The van der Waals surface area contributed by atoms with E-state index in [-0.39, 0.29) is 31.6 Å². The van der Waals surface area contributed by atoms with Crippen molar-refractivity contribution in [1.29, 1.82) is 0 Å². The molecule has 11 N–H and O–H groups in total. The van der Waals surface area contributed by atoms with E-state index in [1.54, 1.807) is 24.3 Å². The Morgan fingerprint density at radius 1 is 0.603 bits per heavy atom. The van der Waals surface area contributed by atoms with Crippen LogP contribution in [0.4, 0.5) is 0 Å². The van der Waals surface area contributed by atoms with E-state index >= 15 is 0 Å². The van der Waals surface area contributed by atoms with E-state index in [1.807, 2.05) is 80.6 Å². The quantitative estimate of drug-likeness (QED) is 0.0541. The fraction of sp³-hybridized carbons (Fsp3) is 0.442. The molecule has 0 heterocycles. The highest BCUT2D eigenvalue weighted by atomic mass is 16.5. The number of primary amides is 1. The van der Waals surface area contributed by atoms with Crippen LogP contribution in [0.3, 0.4) is 0 Å². The van der Waals surface area contributed by atoms with E-state index in [0.29, 0.717) is 39.0 Å². The van der Waals surface area contributed by atoms with Crippen molar-refractivity contribution in [3.8, 4) is 0 Å². The molecule has 0 saturated heterocycles. The lowest BCUT2D eigenvalue weighted by Crippen LogP contribution is -2.58. The number of nitrogens with one attached hydrogen (secondary N) is 5. The average Bonchev–Trinajstić information content (AvgIpc) is 3.21. The highest BCUT2D eigenvalue weighted by Gasteiger charge is 2.30. The molecule has 0 aliphatic rings. The van der Waals surface area contributed by atoms with Crippen LogP contribution in [0.25, 0.3) is 0 Å². The molecule has 6 amide bonds. The molecule has 0 aliphatic heterocycles. The zero-order valence-corrected chi connectivity index (χ0v) is 33.5. The first-order chi connectivity index (χ1) is 27.9. The molecule has 0 fully saturated rings. The Hall–Kier alpha value is -5.64. The summed E-state index contributed by atoms with van der Waals surface area (Å²) in [4.78, 5) is 79.4. The van der Waals surface area contributed by atoms with Gasteiger partial charge in [0, 0.05) is 19.4 Å². The second kappa shape index (κ2) is 25.6. The standard InChI is InChI=1S/C43H60N8O7/c1-29(2)24-35(42(56)49-34(39(46)53)21-13-23-58-28-32-18-10-5-11-19-32)48-38(52)27-47-41(55)36(25-30-14-6-3-7-15-30)51-43(57)37(26-31-16-8-4-9-17-31)50-40(54)33(45)20-12-22-44/h3-11,14-19,29,33-37H,12-13,20-28,44-45H2,1-2H3,(H2,46,53)(H,47,55)(H,48,52)(H,49,56)(H,50,54)(H,51,57)/t33-,34-,35-,36-,37-/m0/s1. The number of amides is 6. The fourth-order valence-corrected chi connectivity index (χ4v) is 6.09. The van der Waals surface area contributed by atoms with Crippen LogP contribution < -0.4 is 43.8 Å². The molecule has 0 unspecified atom stereocenters. The number of carbonyl (C=O) groups excluding carboxylic acids is 6. The minimum absolute atomic E-state index is 0.0194. The zero-order valence-electron chi connectivity index (χ0n) is 33.5. The lowest BCUT2D eigenvalue weighted by atomic mass is 10.0. The number of hydrogen-bond acceptors (Lipinski definition) is 9. The smallest absolute Gasteiger partial charge is 0.243 e. The van der Waals surface area contributed by atoms with Gasteiger partial charge in [-0.05, 0) is 61.3 Å². The summed E-state index contributed by atoms with van der Waals surface area (Å²) in [6.07, 6.45) is 2.00. The summed E-state index contributed by atoms with van der Waals surface area (Å²) < 4.78 is 5.69. The topological polar surface area (TPSA) is 250 Å². The molecule has 0 spiro atoms. The molecule has 0 bridgehead atoms. The number of ether oxygens (including phenoxy) is 1. The maximum atomic E-state index is 13.8. The van der Waals surface area contributed by atoms with E-state index < -0.39 is 72.2 Å². The van der Waals surface area contributed by atoms with Crippen molar-refractivity contribution >= 4 is 35.4 Å². The Morgan fingerprint density at radius 3 is 1.64 bits per heavy atom. The first-order valence-corrected chi connectivity index (χ1v) is 19.8. The molecule has 0 saturated carbocycles. The van der Waals surface area contributed by atoms with Crippen molar-refractivity contribution in [2.75, 3.05) is 19.7 Å². The van der Waals surface area contributed by atoms with Gasteiger partial charge < -0.3 is 48.5 Å². The lowest BCUT2D eigenvalue weighted by molar-refractivity contribution is -0.133. The Kier molecular flexibility index (Phi) is 20.6. The zero-order chi connectivity index (χ0) is 42.3. The summed E-state index contributed by atoms with van der Waals surface area (Å²) in [5, 5.41) is 13.4. The van der Waals surface area contributed by atoms with Gasteiger partial charge in [-0.1, -0.05) is 105 Å². The van der Waals surface area contributed by atoms with Crippen molar-refractivity contribution in [3.63, 3.8) is 0 Å². The van der Waals surface area contributed by atoms with E-state index in [1.165, 1.54) is 0 Å². The van der Waals surface area contributed by atoms with Gasteiger partial charge in [0.15, 0.2) is 0 Å². The van der Waals surface area contributed by atoms with Crippen LogP contribution >= 0.6 is 0 Å².